The van der Waals surface area contributed by atoms with E-state index >= 15 is 4.39 Å². The highest BCUT2D eigenvalue weighted by molar-refractivity contribution is 5.65. The quantitative estimate of drug-likeness (QED) is 0.220. The monoisotopic (exact) mass is 524 g/mol. The summed E-state index contributed by atoms with van der Waals surface area (Å²) >= 11 is 0. The lowest BCUT2D eigenvalue weighted by molar-refractivity contribution is 0.0118. The Morgan fingerprint density at radius 1 is 0.789 bits per heavy atom. The molecule has 3 aromatic carbocycles. The van der Waals surface area contributed by atoms with Crippen molar-refractivity contribution in [2.75, 3.05) is 6.61 Å². The van der Waals surface area contributed by atoms with Crippen molar-refractivity contribution < 1.29 is 22.6 Å². The van der Waals surface area contributed by atoms with Crippen molar-refractivity contribution in [1.29, 1.82) is 0 Å². The number of hydrogen-bond acceptors (Lipinski definition) is 2. The maximum atomic E-state index is 15.0. The lowest BCUT2D eigenvalue weighted by atomic mass is 9.82. The fourth-order valence-corrected chi connectivity index (χ4v) is 5.21. The van der Waals surface area contributed by atoms with Gasteiger partial charge in [-0.05, 0) is 62.1 Å². The van der Waals surface area contributed by atoms with Gasteiger partial charge in [0.05, 0.1) is 19.3 Å². The molecule has 0 N–H and O–H groups in total. The maximum Gasteiger partial charge on any atom is 0.166 e. The molecular weight excluding hydrogens is 485 g/mol. The number of unbranched alkanes of at least 4 members (excludes halogenated alkanes) is 4. The van der Waals surface area contributed by atoms with Crippen LogP contribution in [0.2, 0.25) is 0 Å². The van der Waals surface area contributed by atoms with E-state index in [2.05, 4.69) is 6.92 Å². The first-order valence-electron chi connectivity index (χ1n) is 14.0. The molecule has 0 aliphatic heterocycles. The van der Waals surface area contributed by atoms with Crippen LogP contribution in [-0.2, 0) is 11.3 Å². The first-order valence-corrected chi connectivity index (χ1v) is 14.0. The number of rotatable bonds is 12. The summed E-state index contributed by atoms with van der Waals surface area (Å²) in [5.74, 6) is -1.37. The van der Waals surface area contributed by atoms with Crippen LogP contribution >= 0.6 is 0 Å². The van der Waals surface area contributed by atoms with Gasteiger partial charge in [-0.15, -0.1) is 0 Å². The summed E-state index contributed by atoms with van der Waals surface area (Å²) in [5.41, 5.74) is 2.96. The predicted molar refractivity (Wildman–Crippen MR) is 147 cm³/mol. The third kappa shape index (κ3) is 7.41. The molecule has 0 heterocycles. The lowest BCUT2D eigenvalue weighted by Gasteiger charge is -2.29. The summed E-state index contributed by atoms with van der Waals surface area (Å²) in [6, 6.07) is 15.8. The third-order valence-corrected chi connectivity index (χ3v) is 7.60. The number of aryl methyl sites for hydroxylation is 1. The van der Waals surface area contributed by atoms with Crippen molar-refractivity contribution >= 4 is 0 Å². The Bertz CT molecular complexity index is 1170. The molecule has 2 nitrogen and oxygen atoms in total. The summed E-state index contributed by atoms with van der Waals surface area (Å²) in [6.45, 7) is 4.93. The van der Waals surface area contributed by atoms with Crippen molar-refractivity contribution in [3.63, 3.8) is 0 Å². The standard InChI is InChI=1S/C33H39F3O2/c1-3-4-5-6-7-20-37-28-17-14-26(31(34)21-28)22-38-27-15-12-25(13-16-27)30-19-18-29(32(35)33(30)36)24-10-8-23(2)9-11-24/h8-11,14,17-19,21,25,27H,3-7,12-13,15-16,20,22H2,1-2H3. The molecule has 4 rings (SSSR count). The van der Waals surface area contributed by atoms with Gasteiger partial charge in [0.15, 0.2) is 11.6 Å². The highest BCUT2D eigenvalue weighted by atomic mass is 19.2. The molecular formula is C33H39F3O2. The minimum atomic E-state index is -0.788. The van der Waals surface area contributed by atoms with Crippen molar-refractivity contribution in [3.8, 4) is 16.9 Å². The van der Waals surface area contributed by atoms with Crippen molar-refractivity contribution in [2.45, 2.75) is 90.3 Å². The molecule has 0 spiro atoms. The molecule has 1 aliphatic carbocycles. The SMILES string of the molecule is CCCCCCCOc1ccc(COC2CCC(c3ccc(-c4ccc(C)cc4)c(F)c3F)CC2)c(F)c1. The van der Waals surface area contributed by atoms with Crippen molar-refractivity contribution in [2.24, 2.45) is 0 Å². The topological polar surface area (TPSA) is 18.5 Å². The van der Waals surface area contributed by atoms with Crippen LogP contribution in [-0.4, -0.2) is 12.7 Å². The molecule has 38 heavy (non-hydrogen) atoms. The second-order valence-corrected chi connectivity index (χ2v) is 10.5. The molecule has 0 atom stereocenters. The van der Waals surface area contributed by atoms with Crippen LogP contribution in [0.1, 0.15) is 87.3 Å². The van der Waals surface area contributed by atoms with Crippen LogP contribution in [0, 0.1) is 24.4 Å². The fourth-order valence-electron chi connectivity index (χ4n) is 5.21. The molecule has 204 valence electrons. The fraction of sp³-hybridized carbons (Fsp3) is 0.455. The van der Waals surface area contributed by atoms with E-state index in [4.69, 9.17) is 9.47 Å². The molecule has 0 bridgehead atoms. The van der Waals surface area contributed by atoms with Crippen LogP contribution in [0.3, 0.4) is 0 Å². The van der Waals surface area contributed by atoms with Gasteiger partial charge in [0.1, 0.15) is 11.6 Å². The van der Waals surface area contributed by atoms with E-state index in [1.807, 2.05) is 31.2 Å². The highest BCUT2D eigenvalue weighted by Crippen LogP contribution is 2.38. The molecule has 0 radical (unpaired) electrons. The zero-order valence-corrected chi connectivity index (χ0v) is 22.6. The number of hydrogen-bond donors (Lipinski definition) is 0. The smallest absolute Gasteiger partial charge is 0.166 e. The Morgan fingerprint density at radius 3 is 2.24 bits per heavy atom. The Balaban J connectivity index is 1.25. The Morgan fingerprint density at radius 2 is 1.53 bits per heavy atom. The lowest BCUT2D eigenvalue weighted by Crippen LogP contribution is -2.21. The number of ether oxygens (including phenoxy) is 2. The minimum Gasteiger partial charge on any atom is -0.493 e. The molecule has 1 aliphatic rings. The van der Waals surface area contributed by atoms with Crippen LogP contribution in [0.25, 0.3) is 11.1 Å². The molecule has 1 saturated carbocycles. The zero-order valence-electron chi connectivity index (χ0n) is 22.6. The average molecular weight is 525 g/mol. The second-order valence-electron chi connectivity index (χ2n) is 10.5. The molecule has 3 aromatic rings. The molecule has 1 fully saturated rings. The van der Waals surface area contributed by atoms with Gasteiger partial charge in [-0.3, -0.25) is 0 Å². The summed E-state index contributed by atoms with van der Waals surface area (Å²) in [4.78, 5) is 0. The molecule has 0 unspecified atom stereocenters. The predicted octanol–water partition coefficient (Wildman–Crippen LogP) is 9.67. The Hall–Kier alpha value is -2.79. The Labute approximate surface area is 225 Å². The zero-order chi connectivity index (χ0) is 26.9. The van der Waals surface area contributed by atoms with Crippen molar-refractivity contribution in [3.05, 3.63) is 88.7 Å². The first kappa shape index (κ1) is 28.2. The minimum absolute atomic E-state index is 0.0237. The van der Waals surface area contributed by atoms with Crippen LogP contribution < -0.4 is 4.74 Å². The van der Waals surface area contributed by atoms with Gasteiger partial charge in [0.25, 0.3) is 0 Å². The van der Waals surface area contributed by atoms with Gasteiger partial charge in [-0.2, -0.15) is 0 Å². The average Bonchev–Trinajstić information content (AvgIpc) is 2.93. The molecule has 0 aromatic heterocycles. The number of halogens is 3. The van der Waals surface area contributed by atoms with Gasteiger partial charge in [-0.25, -0.2) is 13.2 Å². The van der Waals surface area contributed by atoms with E-state index in [1.165, 1.54) is 25.3 Å². The van der Waals surface area contributed by atoms with Gasteiger partial charge >= 0.3 is 0 Å². The van der Waals surface area contributed by atoms with E-state index in [1.54, 1.807) is 24.3 Å². The maximum absolute atomic E-state index is 15.0. The summed E-state index contributed by atoms with van der Waals surface area (Å²) in [6.07, 6.45) is 8.60. The van der Waals surface area contributed by atoms with E-state index in [0.29, 0.717) is 41.9 Å². The molecule has 5 heteroatoms. The van der Waals surface area contributed by atoms with Gasteiger partial charge in [-0.1, -0.05) is 80.6 Å². The number of benzene rings is 3. The molecule has 0 amide bonds. The van der Waals surface area contributed by atoms with Crippen LogP contribution in [0.5, 0.6) is 5.75 Å². The van der Waals surface area contributed by atoms with Gasteiger partial charge in [0, 0.05) is 17.2 Å². The first-order chi connectivity index (χ1) is 18.5. The summed E-state index contributed by atoms with van der Waals surface area (Å²) in [5, 5.41) is 0. The Kier molecular flexibility index (Phi) is 10.3. The van der Waals surface area contributed by atoms with E-state index in [0.717, 1.165) is 31.2 Å². The highest BCUT2D eigenvalue weighted by Gasteiger charge is 2.27. The second kappa shape index (κ2) is 13.8. The summed E-state index contributed by atoms with van der Waals surface area (Å²) < 4.78 is 56.3. The van der Waals surface area contributed by atoms with E-state index in [-0.39, 0.29) is 30.0 Å². The van der Waals surface area contributed by atoms with Crippen molar-refractivity contribution in [1.82, 2.24) is 0 Å². The van der Waals surface area contributed by atoms with E-state index < -0.39 is 11.6 Å². The van der Waals surface area contributed by atoms with E-state index in [9.17, 15) is 8.78 Å². The van der Waals surface area contributed by atoms with Gasteiger partial charge in [0.2, 0.25) is 0 Å². The molecule has 0 saturated heterocycles. The largest absolute Gasteiger partial charge is 0.493 e. The summed E-state index contributed by atoms with van der Waals surface area (Å²) in [7, 11) is 0. The third-order valence-electron chi connectivity index (χ3n) is 7.60. The van der Waals surface area contributed by atoms with Gasteiger partial charge < -0.3 is 9.47 Å². The van der Waals surface area contributed by atoms with Crippen LogP contribution in [0.15, 0.2) is 54.6 Å². The normalized spacial score (nSPS) is 17.5. The van der Waals surface area contributed by atoms with Crippen LogP contribution in [0.4, 0.5) is 13.2 Å².